The van der Waals surface area contributed by atoms with Crippen LogP contribution in [-0.4, -0.2) is 46.8 Å². The molecule has 1 saturated heterocycles. The maximum absolute atomic E-state index is 14.8. The third-order valence-electron chi connectivity index (χ3n) is 9.62. The van der Waals surface area contributed by atoms with E-state index in [1.54, 1.807) is 0 Å². The van der Waals surface area contributed by atoms with Gasteiger partial charge >= 0.3 is 0 Å². The van der Waals surface area contributed by atoms with E-state index >= 15 is 0 Å². The van der Waals surface area contributed by atoms with Gasteiger partial charge in [0.2, 0.25) is 11.9 Å². The second kappa shape index (κ2) is 10.2. The number of carbonyl (C=O) groups is 1. The highest BCUT2D eigenvalue weighted by Gasteiger charge is 2.54. The van der Waals surface area contributed by atoms with E-state index in [9.17, 15) is 18.5 Å². The molecule has 3 fully saturated rings. The molecule has 41 heavy (non-hydrogen) atoms. The van der Waals surface area contributed by atoms with Crippen molar-refractivity contribution in [2.45, 2.75) is 83.8 Å². The number of likely N-dealkylation sites (tertiary alicyclic amines) is 1. The molecule has 0 unspecified atom stereocenters. The summed E-state index contributed by atoms with van der Waals surface area (Å²) in [6, 6.07) is 6.73. The number of rotatable bonds is 8. The zero-order chi connectivity index (χ0) is 29.0. The minimum atomic E-state index is -0.844. The number of nitroso groups, excluding NO2 is 1. The Morgan fingerprint density at radius 3 is 2.51 bits per heavy atom. The fourth-order valence-electron chi connectivity index (χ4n) is 6.78. The topological polar surface area (TPSA) is 93.5 Å². The fraction of sp³-hybridized carbons (Fsp3) is 0.581. The standard InChI is InChI=1S/C31H36F2N4O4/c1-4-40-23-14-19(13-22(20-5-6-20)26(23)21-7-8-25(32)34-27(21)33)16-37-17-31(18-37)15-24(36-41-31)29(2)9-11-30(3,12-10-29)28(38)35-39/h7-8,13-14,20H,4-6,9-12,15-18H2,1-3H3. The summed E-state index contributed by atoms with van der Waals surface area (Å²) in [5, 5.41) is 7.22. The Hall–Kier alpha value is -3.27. The number of hydrogen-bond donors (Lipinski definition) is 0. The van der Waals surface area contributed by atoms with Crippen molar-refractivity contribution < 1.29 is 23.1 Å². The molecule has 0 N–H and O–H groups in total. The molecule has 0 radical (unpaired) electrons. The lowest BCUT2D eigenvalue weighted by Gasteiger charge is -2.46. The first-order valence-corrected chi connectivity index (χ1v) is 14.5. The quantitative estimate of drug-likeness (QED) is 0.267. The summed E-state index contributed by atoms with van der Waals surface area (Å²) in [5.41, 5.74) is 2.90. The minimum Gasteiger partial charge on any atom is -0.493 e. The number of ether oxygens (including phenoxy) is 1. The van der Waals surface area contributed by atoms with Crippen molar-refractivity contribution in [3.63, 3.8) is 0 Å². The molecule has 4 aliphatic rings. The van der Waals surface area contributed by atoms with Crippen molar-refractivity contribution in [3.8, 4) is 16.9 Å². The van der Waals surface area contributed by atoms with Gasteiger partial charge in [-0.25, -0.2) is 0 Å². The van der Waals surface area contributed by atoms with Crippen molar-refractivity contribution in [2.24, 2.45) is 21.2 Å². The van der Waals surface area contributed by atoms with Gasteiger partial charge in [-0.3, -0.25) is 9.69 Å². The molecule has 2 aromatic rings. The van der Waals surface area contributed by atoms with Gasteiger partial charge in [0.1, 0.15) is 5.75 Å². The zero-order valence-electron chi connectivity index (χ0n) is 23.8. The molecule has 0 bridgehead atoms. The largest absolute Gasteiger partial charge is 0.493 e. The number of amides is 1. The molecule has 2 aliphatic heterocycles. The predicted octanol–water partition coefficient (Wildman–Crippen LogP) is 6.51. The number of pyridine rings is 1. The van der Waals surface area contributed by atoms with Crippen LogP contribution in [-0.2, 0) is 16.2 Å². The fourth-order valence-corrected chi connectivity index (χ4v) is 6.78. The van der Waals surface area contributed by atoms with Crippen LogP contribution in [0.25, 0.3) is 11.1 Å². The maximum atomic E-state index is 14.8. The third kappa shape index (κ3) is 5.15. The van der Waals surface area contributed by atoms with Crippen LogP contribution in [0.2, 0.25) is 0 Å². The number of hydrogen-bond acceptors (Lipinski definition) is 7. The van der Waals surface area contributed by atoms with Gasteiger partial charge in [-0.2, -0.15) is 13.8 Å². The van der Waals surface area contributed by atoms with Crippen molar-refractivity contribution >= 4 is 11.6 Å². The molecular weight excluding hydrogens is 530 g/mol. The summed E-state index contributed by atoms with van der Waals surface area (Å²) in [5.74, 6) is -1.32. The molecule has 2 aliphatic carbocycles. The Labute approximate surface area is 238 Å². The van der Waals surface area contributed by atoms with Gasteiger partial charge in [0.05, 0.1) is 17.7 Å². The van der Waals surface area contributed by atoms with E-state index in [1.807, 2.05) is 19.9 Å². The summed E-state index contributed by atoms with van der Waals surface area (Å²) in [6.07, 6.45) is 5.58. The van der Waals surface area contributed by atoms with Crippen molar-refractivity contribution in [3.05, 3.63) is 52.2 Å². The van der Waals surface area contributed by atoms with E-state index in [0.717, 1.165) is 62.0 Å². The lowest BCUT2D eigenvalue weighted by atomic mass is 9.62. The predicted molar refractivity (Wildman–Crippen MR) is 149 cm³/mol. The molecule has 6 rings (SSSR count). The Morgan fingerprint density at radius 1 is 1.15 bits per heavy atom. The molecular formula is C31H36F2N4O4. The number of carbonyl (C=O) groups excluding carboxylic acids is 1. The number of oxime groups is 1. The van der Waals surface area contributed by atoms with Gasteiger partial charge in [-0.15, -0.1) is 4.91 Å². The normalized spacial score (nSPS) is 27.2. The van der Waals surface area contributed by atoms with Crippen LogP contribution in [0.4, 0.5) is 8.78 Å². The van der Waals surface area contributed by atoms with E-state index in [4.69, 9.17) is 9.57 Å². The SMILES string of the molecule is CCOc1cc(CN2CC3(CC(C4(C)CCC(C)(C(=O)N=O)CC4)=NO3)C2)cc(C2CC2)c1-c1ccc(F)nc1F. The summed E-state index contributed by atoms with van der Waals surface area (Å²) < 4.78 is 34.3. The van der Waals surface area contributed by atoms with Gasteiger partial charge in [0.25, 0.3) is 5.91 Å². The minimum absolute atomic E-state index is 0.154. The summed E-state index contributed by atoms with van der Waals surface area (Å²) in [7, 11) is 0. The second-order valence-electron chi connectivity index (χ2n) is 12.9. The average molecular weight is 567 g/mol. The molecule has 1 aromatic carbocycles. The first kappa shape index (κ1) is 27.9. The van der Waals surface area contributed by atoms with Gasteiger partial charge in [0.15, 0.2) is 5.60 Å². The lowest BCUT2D eigenvalue weighted by molar-refractivity contribution is -0.129. The molecule has 2 saturated carbocycles. The highest BCUT2D eigenvalue weighted by Crippen LogP contribution is 2.51. The zero-order valence-corrected chi connectivity index (χ0v) is 23.8. The molecule has 1 aromatic heterocycles. The van der Waals surface area contributed by atoms with Crippen molar-refractivity contribution in [1.29, 1.82) is 0 Å². The van der Waals surface area contributed by atoms with Crippen molar-refractivity contribution in [1.82, 2.24) is 9.88 Å². The van der Waals surface area contributed by atoms with E-state index in [1.165, 1.54) is 12.1 Å². The van der Waals surface area contributed by atoms with Crippen LogP contribution >= 0.6 is 0 Å². The molecule has 1 amide bonds. The van der Waals surface area contributed by atoms with Crippen LogP contribution in [0.3, 0.4) is 0 Å². The Kier molecular flexibility index (Phi) is 6.95. The van der Waals surface area contributed by atoms with E-state index in [2.05, 4.69) is 33.2 Å². The van der Waals surface area contributed by atoms with E-state index < -0.39 is 23.2 Å². The first-order chi connectivity index (χ1) is 19.6. The Bertz CT molecular complexity index is 1410. The average Bonchev–Trinajstić information content (AvgIpc) is 3.68. The molecule has 3 heterocycles. The van der Waals surface area contributed by atoms with E-state index in [-0.39, 0.29) is 16.6 Å². The number of nitrogens with zero attached hydrogens (tertiary/aromatic N) is 4. The highest BCUT2D eigenvalue weighted by atomic mass is 19.1. The smallest absolute Gasteiger partial charge is 0.292 e. The number of benzene rings is 1. The lowest BCUT2D eigenvalue weighted by Crippen LogP contribution is -2.61. The Morgan fingerprint density at radius 2 is 1.88 bits per heavy atom. The molecule has 8 nitrogen and oxygen atoms in total. The monoisotopic (exact) mass is 566 g/mol. The maximum Gasteiger partial charge on any atom is 0.292 e. The third-order valence-corrected chi connectivity index (χ3v) is 9.62. The summed E-state index contributed by atoms with van der Waals surface area (Å²) >= 11 is 0. The first-order valence-electron chi connectivity index (χ1n) is 14.5. The van der Waals surface area contributed by atoms with Gasteiger partial charge < -0.3 is 9.57 Å². The van der Waals surface area contributed by atoms with E-state index in [0.29, 0.717) is 43.2 Å². The molecule has 1 spiro atoms. The van der Waals surface area contributed by atoms with Crippen LogP contribution in [0, 0.1) is 27.6 Å². The summed E-state index contributed by atoms with van der Waals surface area (Å²) in [4.78, 5) is 34.6. The summed E-state index contributed by atoms with van der Waals surface area (Å²) in [6.45, 7) is 8.50. The number of aromatic nitrogens is 1. The van der Waals surface area contributed by atoms with Crippen molar-refractivity contribution in [2.75, 3.05) is 19.7 Å². The van der Waals surface area contributed by atoms with Crippen LogP contribution in [0.15, 0.2) is 34.6 Å². The molecule has 218 valence electrons. The van der Waals surface area contributed by atoms with Crippen LogP contribution in [0.5, 0.6) is 5.75 Å². The Balaban J connectivity index is 1.14. The second-order valence-corrected chi connectivity index (χ2v) is 12.9. The van der Waals surface area contributed by atoms with Crippen LogP contribution in [0.1, 0.15) is 82.8 Å². The molecule has 10 heteroatoms. The van der Waals surface area contributed by atoms with Gasteiger partial charge in [-0.1, -0.05) is 25.1 Å². The molecule has 0 atom stereocenters. The number of halogens is 2. The van der Waals surface area contributed by atoms with Gasteiger partial charge in [0, 0.05) is 47.8 Å². The van der Waals surface area contributed by atoms with Crippen LogP contribution < -0.4 is 4.74 Å². The van der Waals surface area contributed by atoms with Gasteiger partial charge in [-0.05, 0) is 80.7 Å². The highest BCUT2D eigenvalue weighted by molar-refractivity contribution is 5.92.